The van der Waals surface area contributed by atoms with E-state index in [4.69, 9.17) is 11.6 Å². The second-order valence-corrected chi connectivity index (χ2v) is 5.42. The fraction of sp³-hybridized carbons (Fsp3) is 0.200. The van der Waals surface area contributed by atoms with Crippen molar-refractivity contribution in [2.24, 2.45) is 0 Å². The maximum absolute atomic E-state index is 13.7. The van der Waals surface area contributed by atoms with Crippen LogP contribution < -0.4 is 5.32 Å². The second kappa shape index (κ2) is 6.51. The van der Waals surface area contributed by atoms with E-state index in [9.17, 15) is 4.39 Å². The SMILES string of the molecule is CCNC(c1cccc(Cl)c1)c1cccc(F)c1Br. The van der Waals surface area contributed by atoms with Crippen LogP contribution in [0.3, 0.4) is 0 Å². The molecule has 2 aromatic rings. The Morgan fingerprint density at radius 1 is 1.26 bits per heavy atom. The van der Waals surface area contributed by atoms with Gasteiger partial charge in [-0.05, 0) is 51.8 Å². The summed E-state index contributed by atoms with van der Waals surface area (Å²) in [6.07, 6.45) is 0. The van der Waals surface area contributed by atoms with E-state index in [1.807, 2.05) is 37.3 Å². The van der Waals surface area contributed by atoms with Gasteiger partial charge in [-0.3, -0.25) is 0 Å². The van der Waals surface area contributed by atoms with Crippen LogP contribution in [0.5, 0.6) is 0 Å². The zero-order chi connectivity index (χ0) is 13.8. The van der Waals surface area contributed by atoms with Crippen LogP contribution in [0.2, 0.25) is 5.02 Å². The van der Waals surface area contributed by atoms with Crippen LogP contribution in [0.25, 0.3) is 0 Å². The van der Waals surface area contributed by atoms with Gasteiger partial charge in [0.05, 0.1) is 10.5 Å². The lowest BCUT2D eigenvalue weighted by molar-refractivity contribution is 0.595. The molecule has 2 rings (SSSR count). The monoisotopic (exact) mass is 341 g/mol. The standard InChI is InChI=1S/C15H14BrClFN/c1-2-19-15(10-5-3-6-11(17)9-10)12-7-4-8-13(18)14(12)16/h3-9,15,19H,2H2,1H3. The van der Waals surface area contributed by atoms with Gasteiger partial charge in [-0.25, -0.2) is 4.39 Å². The number of rotatable bonds is 4. The Balaban J connectivity index is 2.48. The summed E-state index contributed by atoms with van der Waals surface area (Å²) in [4.78, 5) is 0. The van der Waals surface area contributed by atoms with Crippen molar-refractivity contribution in [1.29, 1.82) is 0 Å². The van der Waals surface area contributed by atoms with E-state index in [-0.39, 0.29) is 11.9 Å². The quantitative estimate of drug-likeness (QED) is 0.830. The summed E-state index contributed by atoms with van der Waals surface area (Å²) in [5.41, 5.74) is 1.88. The van der Waals surface area contributed by atoms with Crippen LogP contribution in [0.1, 0.15) is 24.1 Å². The van der Waals surface area contributed by atoms with Crippen molar-refractivity contribution in [1.82, 2.24) is 5.32 Å². The first-order chi connectivity index (χ1) is 9.13. The van der Waals surface area contributed by atoms with E-state index in [0.717, 1.165) is 17.7 Å². The fourth-order valence-corrected chi connectivity index (χ4v) is 2.73. The van der Waals surface area contributed by atoms with Gasteiger partial charge in [0.2, 0.25) is 0 Å². The molecule has 4 heteroatoms. The molecule has 0 fully saturated rings. The fourth-order valence-electron chi connectivity index (χ4n) is 2.04. The molecule has 0 saturated heterocycles. The Hall–Kier alpha value is -0.900. The molecule has 0 radical (unpaired) electrons. The highest BCUT2D eigenvalue weighted by Crippen LogP contribution is 2.31. The molecule has 1 unspecified atom stereocenters. The van der Waals surface area contributed by atoms with Gasteiger partial charge in [0, 0.05) is 5.02 Å². The summed E-state index contributed by atoms with van der Waals surface area (Å²) in [6.45, 7) is 2.80. The number of hydrogen-bond donors (Lipinski definition) is 1. The van der Waals surface area contributed by atoms with Crippen molar-refractivity contribution in [3.63, 3.8) is 0 Å². The molecule has 0 aliphatic heterocycles. The summed E-state index contributed by atoms with van der Waals surface area (Å²) in [7, 11) is 0. The molecule has 0 saturated carbocycles. The average molecular weight is 343 g/mol. The van der Waals surface area contributed by atoms with E-state index in [0.29, 0.717) is 9.50 Å². The smallest absolute Gasteiger partial charge is 0.137 e. The lowest BCUT2D eigenvalue weighted by Gasteiger charge is -2.20. The number of hydrogen-bond acceptors (Lipinski definition) is 1. The molecule has 100 valence electrons. The van der Waals surface area contributed by atoms with Gasteiger partial charge in [0.1, 0.15) is 5.82 Å². The molecule has 1 atom stereocenters. The third-order valence-corrected chi connectivity index (χ3v) is 3.95. The number of benzene rings is 2. The van der Waals surface area contributed by atoms with Crippen molar-refractivity contribution in [3.8, 4) is 0 Å². The summed E-state index contributed by atoms with van der Waals surface area (Å²) >= 11 is 9.35. The predicted molar refractivity (Wildman–Crippen MR) is 81.1 cm³/mol. The molecule has 0 bridgehead atoms. The van der Waals surface area contributed by atoms with E-state index in [2.05, 4.69) is 21.2 Å². The Labute approximate surface area is 125 Å². The van der Waals surface area contributed by atoms with Gasteiger partial charge in [0.25, 0.3) is 0 Å². The summed E-state index contributed by atoms with van der Waals surface area (Å²) < 4.78 is 14.2. The zero-order valence-electron chi connectivity index (χ0n) is 10.5. The van der Waals surface area contributed by atoms with E-state index in [1.54, 1.807) is 6.07 Å². The summed E-state index contributed by atoms with van der Waals surface area (Å²) in [5.74, 6) is -0.262. The molecule has 0 aliphatic rings. The van der Waals surface area contributed by atoms with E-state index in [1.165, 1.54) is 6.07 Å². The molecule has 19 heavy (non-hydrogen) atoms. The van der Waals surface area contributed by atoms with Crippen molar-refractivity contribution in [2.75, 3.05) is 6.54 Å². The van der Waals surface area contributed by atoms with E-state index >= 15 is 0 Å². The second-order valence-electron chi connectivity index (χ2n) is 4.19. The highest BCUT2D eigenvalue weighted by atomic mass is 79.9. The highest BCUT2D eigenvalue weighted by molar-refractivity contribution is 9.10. The Kier molecular flexibility index (Phi) is 4.97. The van der Waals surface area contributed by atoms with Gasteiger partial charge in [-0.2, -0.15) is 0 Å². The number of halogens is 3. The molecular weight excluding hydrogens is 329 g/mol. The highest BCUT2D eigenvalue weighted by Gasteiger charge is 2.17. The van der Waals surface area contributed by atoms with Crippen LogP contribution in [0.4, 0.5) is 4.39 Å². The first-order valence-corrected chi connectivity index (χ1v) is 7.23. The third-order valence-electron chi connectivity index (χ3n) is 2.88. The molecule has 2 aromatic carbocycles. The topological polar surface area (TPSA) is 12.0 Å². The maximum Gasteiger partial charge on any atom is 0.137 e. The summed E-state index contributed by atoms with van der Waals surface area (Å²) in [5, 5.41) is 4.03. The van der Waals surface area contributed by atoms with Crippen LogP contribution in [0.15, 0.2) is 46.9 Å². The molecule has 0 heterocycles. The van der Waals surface area contributed by atoms with Crippen molar-refractivity contribution in [2.45, 2.75) is 13.0 Å². The normalized spacial score (nSPS) is 12.4. The zero-order valence-corrected chi connectivity index (χ0v) is 12.8. The Morgan fingerprint density at radius 3 is 2.68 bits per heavy atom. The van der Waals surface area contributed by atoms with Crippen LogP contribution in [0, 0.1) is 5.82 Å². The lowest BCUT2D eigenvalue weighted by atomic mass is 9.98. The largest absolute Gasteiger partial charge is 0.306 e. The third kappa shape index (κ3) is 3.35. The molecule has 1 nitrogen and oxygen atoms in total. The van der Waals surface area contributed by atoms with Gasteiger partial charge in [-0.1, -0.05) is 42.8 Å². The van der Waals surface area contributed by atoms with Crippen molar-refractivity contribution in [3.05, 3.63) is 68.9 Å². The first-order valence-electron chi connectivity index (χ1n) is 6.06. The molecule has 0 amide bonds. The van der Waals surface area contributed by atoms with Crippen LogP contribution >= 0.6 is 27.5 Å². The molecule has 0 aliphatic carbocycles. The average Bonchev–Trinajstić information content (AvgIpc) is 2.40. The van der Waals surface area contributed by atoms with Crippen LogP contribution in [-0.4, -0.2) is 6.54 Å². The molecular formula is C15H14BrClFN. The lowest BCUT2D eigenvalue weighted by Crippen LogP contribution is -2.22. The Bertz CT molecular complexity index is 574. The van der Waals surface area contributed by atoms with Crippen LogP contribution in [-0.2, 0) is 0 Å². The minimum atomic E-state index is -0.262. The minimum Gasteiger partial charge on any atom is -0.306 e. The van der Waals surface area contributed by atoms with E-state index < -0.39 is 0 Å². The van der Waals surface area contributed by atoms with Crippen molar-refractivity contribution >= 4 is 27.5 Å². The molecule has 1 N–H and O–H groups in total. The Morgan fingerprint density at radius 2 is 2.00 bits per heavy atom. The van der Waals surface area contributed by atoms with Gasteiger partial charge < -0.3 is 5.32 Å². The van der Waals surface area contributed by atoms with Gasteiger partial charge in [-0.15, -0.1) is 0 Å². The van der Waals surface area contributed by atoms with Gasteiger partial charge in [0.15, 0.2) is 0 Å². The minimum absolute atomic E-state index is 0.0891. The summed E-state index contributed by atoms with van der Waals surface area (Å²) in [6, 6.07) is 12.6. The first kappa shape index (κ1) is 14.5. The van der Waals surface area contributed by atoms with Gasteiger partial charge >= 0.3 is 0 Å². The molecule has 0 aromatic heterocycles. The molecule has 0 spiro atoms. The predicted octanol–water partition coefficient (Wildman–Crippen LogP) is 4.94. The van der Waals surface area contributed by atoms with Crippen molar-refractivity contribution < 1.29 is 4.39 Å². The maximum atomic E-state index is 13.7. The number of nitrogens with one attached hydrogen (secondary N) is 1.